The van der Waals surface area contributed by atoms with Crippen LogP contribution in [-0.2, 0) is 22.6 Å². The van der Waals surface area contributed by atoms with Gasteiger partial charge in [0.1, 0.15) is 18.1 Å². The van der Waals surface area contributed by atoms with Crippen molar-refractivity contribution in [2.45, 2.75) is 26.9 Å². The maximum absolute atomic E-state index is 13.5. The maximum atomic E-state index is 13.5. The number of morpholine rings is 1. The number of furan rings is 1. The summed E-state index contributed by atoms with van der Waals surface area (Å²) >= 11 is 0. The number of benzene rings is 1. The van der Waals surface area contributed by atoms with Gasteiger partial charge >= 0.3 is 6.03 Å². The van der Waals surface area contributed by atoms with Crippen LogP contribution in [0.25, 0.3) is 0 Å². The van der Waals surface area contributed by atoms with Gasteiger partial charge in [-0.1, -0.05) is 6.07 Å². The van der Waals surface area contributed by atoms with Crippen molar-refractivity contribution in [1.82, 2.24) is 20.0 Å². The van der Waals surface area contributed by atoms with Crippen LogP contribution in [-0.4, -0.2) is 85.9 Å². The standard InChI is InChI=1S/C25H34N4O6/c1-3-26-25(31)28(9-8-27-10-12-32-13-11-27)17-24(30)29(16-21-6-4-19(2)35-21)15-20-5-7-22-23(14-20)34-18-33-22/h4-7,14H,3,8-13,15-18H2,1-2H3,(H,26,31). The molecule has 4 rings (SSSR count). The fraction of sp³-hybridized carbons (Fsp3) is 0.520. The number of ether oxygens (including phenoxy) is 3. The molecule has 0 unspecified atom stereocenters. The monoisotopic (exact) mass is 486 g/mol. The van der Waals surface area contributed by atoms with Crippen LogP contribution in [0.2, 0.25) is 0 Å². The fourth-order valence-electron chi connectivity index (χ4n) is 4.12. The Kier molecular flexibility index (Phi) is 8.49. The summed E-state index contributed by atoms with van der Waals surface area (Å²) in [5.74, 6) is 2.67. The van der Waals surface area contributed by atoms with E-state index < -0.39 is 0 Å². The van der Waals surface area contributed by atoms with E-state index in [0.29, 0.717) is 63.2 Å². The molecule has 0 aliphatic carbocycles. The highest BCUT2D eigenvalue weighted by Crippen LogP contribution is 2.33. The molecule has 0 saturated carbocycles. The number of nitrogens with one attached hydrogen (secondary N) is 1. The zero-order chi connectivity index (χ0) is 24.6. The molecule has 1 saturated heterocycles. The Labute approximate surface area is 205 Å². The second kappa shape index (κ2) is 11.9. The molecule has 2 aliphatic heterocycles. The van der Waals surface area contributed by atoms with Gasteiger partial charge in [-0.3, -0.25) is 9.69 Å². The van der Waals surface area contributed by atoms with E-state index in [0.717, 1.165) is 24.4 Å². The van der Waals surface area contributed by atoms with E-state index in [-0.39, 0.29) is 25.3 Å². The summed E-state index contributed by atoms with van der Waals surface area (Å²) in [5.41, 5.74) is 0.906. The predicted molar refractivity (Wildman–Crippen MR) is 128 cm³/mol. The second-order valence-electron chi connectivity index (χ2n) is 8.66. The third-order valence-electron chi connectivity index (χ3n) is 6.04. The quantitative estimate of drug-likeness (QED) is 0.550. The number of fused-ring (bicyclic) bond motifs is 1. The van der Waals surface area contributed by atoms with Gasteiger partial charge in [0.25, 0.3) is 0 Å². The van der Waals surface area contributed by atoms with Crippen LogP contribution < -0.4 is 14.8 Å². The minimum Gasteiger partial charge on any atom is -0.464 e. The molecule has 0 radical (unpaired) electrons. The first-order valence-corrected chi connectivity index (χ1v) is 12.1. The molecule has 3 amide bonds. The lowest BCUT2D eigenvalue weighted by Crippen LogP contribution is -2.49. The molecule has 0 atom stereocenters. The highest BCUT2D eigenvalue weighted by Gasteiger charge is 2.24. The molecule has 2 aliphatic rings. The lowest BCUT2D eigenvalue weighted by Gasteiger charge is -2.31. The molecule has 35 heavy (non-hydrogen) atoms. The highest BCUT2D eigenvalue weighted by atomic mass is 16.7. The van der Waals surface area contributed by atoms with Crippen LogP contribution in [0.5, 0.6) is 11.5 Å². The van der Waals surface area contributed by atoms with Gasteiger partial charge in [-0.2, -0.15) is 0 Å². The van der Waals surface area contributed by atoms with Crippen LogP contribution in [0.4, 0.5) is 4.79 Å². The van der Waals surface area contributed by atoms with Crippen LogP contribution in [0, 0.1) is 6.92 Å². The number of carbonyl (C=O) groups is 2. The first-order valence-electron chi connectivity index (χ1n) is 12.1. The summed E-state index contributed by atoms with van der Waals surface area (Å²) in [6.07, 6.45) is 0. The minimum absolute atomic E-state index is 0.0274. The number of rotatable bonds is 10. The molecule has 10 nitrogen and oxygen atoms in total. The van der Waals surface area contributed by atoms with Crippen LogP contribution in [0.3, 0.4) is 0 Å². The Morgan fingerprint density at radius 3 is 2.57 bits per heavy atom. The molecule has 1 fully saturated rings. The van der Waals surface area contributed by atoms with E-state index in [1.54, 1.807) is 9.80 Å². The molecule has 2 aromatic rings. The molecular formula is C25H34N4O6. The Morgan fingerprint density at radius 1 is 1.03 bits per heavy atom. The number of aryl methyl sites for hydroxylation is 1. The summed E-state index contributed by atoms with van der Waals surface area (Å²) in [7, 11) is 0. The molecular weight excluding hydrogens is 452 g/mol. The molecule has 0 spiro atoms. The Balaban J connectivity index is 1.47. The van der Waals surface area contributed by atoms with Crippen molar-refractivity contribution >= 4 is 11.9 Å². The van der Waals surface area contributed by atoms with Gasteiger partial charge in [-0.25, -0.2) is 4.79 Å². The molecule has 10 heteroatoms. The normalized spacial score (nSPS) is 15.1. The molecule has 3 heterocycles. The number of nitrogens with zero attached hydrogens (tertiary/aromatic N) is 3. The lowest BCUT2D eigenvalue weighted by atomic mass is 10.2. The largest absolute Gasteiger partial charge is 0.464 e. The van der Waals surface area contributed by atoms with E-state index in [1.807, 2.05) is 44.2 Å². The van der Waals surface area contributed by atoms with Crippen molar-refractivity contribution < 1.29 is 28.2 Å². The fourth-order valence-corrected chi connectivity index (χ4v) is 4.12. The van der Waals surface area contributed by atoms with E-state index in [9.17, 15) is 9.59 Å². The van der Waals surface area contributed by atoms with Crippen LogP contribution >= 0.6 is 0 Å². The van der Waals surface area contributed by atoms with Crippen molar-refractivity contribution in [2.75, 3.05) is 59.3 Å². The Bertz CT molecular complexity index is 1000. The summed E-state index contributed by atoms with van der Waals surface area (Å²) in [4.78, 5) is 31.8. The van der Waals surface area contributed by atoms with Crippen molar-refractivity contribution in [3.05, 3.63) is 47.4 Å². The first kappa shape index (κ1) is 24.9. The van der Waals surface area contributed by atoms with Gasteiger partial charge in [-0.05, 0) is 43.7 Å². The highest BCUT2D eigenvalue weighted by molar-refractivity contribution is 5.84. The van der Waals surface area contributed by atoms with Crippen molar-refractivity contribution in [2.24, 2.45) is 0 Å². The zero-order valence-electron chi connectivity index (χ0n) is 20.5. The van der Waals surface area contributed by atoms with Gasteiger partial charge in [0.15, 0.2) is 11.5 Å². The van der Waals surface area contributed by atoms with Gasteiger partial charge in [-0.15, -0.1) is 0 Å². The lowest BCUT2D eigenvalue weighted by molar-refractivity contribution is -0.133. The SMILES string of the molecule is CCNC(=O)N(CCN1CCOCC1)CC(=O)N(Cc1ccc2c(c1)OCO2)Cc1ccc(C)o1. The number of hydrogen-bond acceptors (Lipinski definition) is 7. The minimum atomic E-state index is -0.244. The second-order valence-corrected chi connectivity index (χ2v) is 8.66. The summed E-state index contributed by atoms with van der Waals surface area (Å²) < 4.78 is 22.1. The van der Waals surface area contributed by atoms with E-state index >= 15 is 0 Å². The first-order chi connectivity index (χ1) is 17.0. The average Bonchev–Trinajstić information content (AvgIpc) is 3.50. The average molecular weight is 487 g/mol. The maximum Gasteiger partial charge on any atom is 0.317 e. The third kappa shape index (κ3) is 6.89. The zero-order valence-corrected chi connectivity index (χ0v) is 20.5. The molecule has 0 bridgehead atoms. The number of urea groups is 1. The van der Waals surface area contributed by atoms with E-state index in [2.05, 4.69) is 10.2 Å². The number of amides is 3. The smallest absolute Gasteiger partial charge is 0.317 e. The van der Waals surface area contributed by atoms with E-state index in [1.165, 1.54) is 0 Å². The van der Waals surface area contributed by atoms with Gasteiger partial charge in [0, 0.05) is 39.3 Å². The third-order valence-corrected chi connectivity index (χ3v) is 6.04. The van der Waals surface area contributed by atoms with Gasteiger partial charge in [0.05, 0.1) is 19.8 Å². The molecule has 190 valence electrons. The molecule has 1 aromatic heterocycles. The number of carbonyl (C=O) groups excluding carboxylic acids is 2. The van der Waals surface area contributed by atoms with Crippen LogP contribution in [0.15, 0.2) is 34.7 Å². The van der Waals surface area contributed by atoms with Gasteiger partial charge < -0.3 is 33.7 Å². The topological polar surface area (TPSA) is 96.7 Å². The van der Waals surface area contributed by atoms with Crippen LogP contribution in [0.1, 0.15) is 24.0 Å². The van der Waals surface area contributed by atoms with E-state index in [4.69, 9.17) is 18.6 Å². The Hall–Kier alpha value is -3.24. The summed E-state index contributed by atoms with van der Waals surface area (Å²) in [5, 5.41) is 2.83. The number of hydrogen-bond donors (Lipinski definition) is 1. The van der Waals surface area contributed by atoms with Crippen molar-refractivity contribution in [3.63, 3.8) is 0 Å². The summed E-state index contributed by atoms with van der Waals surface area (Å²) in [6, 6.07) is 9.15. The Morgan fingerprint density at radius 2 is 1.83 bits per heavy atom. The molecule has 1 aromatic carbocycles. The van der Waals surface area contributed by atoms with Gasteiger partial charge in [0.2, 0.25) is 12.7 Å². The predicted octanol–water partition coefficient (Wildman–Crippen LogP) is 2.21. The van der Waals surface area contributed by atoms with Crippen molar-refractivity contribution in [3.8, 4) is 11.5 Å². The van der Waals surface area contributed by atoms with Crippen molar-refractivity contribution in [1.29, 1.82) is 0 Å². The summed E-state index contributed by atoms with van der Waals surface area (Å²) in [6.45, 7) is 9.21. The molecule has 1 N–H and O–H groups in total.